The molecule has 2 heterocycles. The Morgan fingerprint density at radius 2 is 2.14 bits per heavy atom. The van der Waals surface area contributed by atoms with Crippen molar-refractivity contribution in [2.24, 2.45) is 0 Å². The molecule has 0 atom stereocenters. The molecule has 3 aromatic rings. The van der Waals surface area contributed by atoms with Crippen molar-refractivity contribution in [3.05, 3.63) is 28.9 Å². The number of thiazole rings is 1. The van der Waals surface area contributed by atoms with Crippen molar-refractivity contribution >= 4 is 32.5 Å². The van der Waals surface area contributed by atoms with Crippen LogP contribution in [0.25, 0.3) is 21.1 Å². The Morgan fingerprint density at radius 3 is 3.00 bits per heavy atom. The van der Waals surface area contributed by atoms with Gasteiger partial charge in [-0.05, 0) is 32.0 Å². The van der Waals surface area contributed by atoms with Crippen molar-refractivity contribution in [3.63, 3.8) is 0 Å². The smallest absolute Gasteiger partial charge is 0.0908 e. The standard InChI is InChI=1S/C11H10N2S/c1-6-5-8-9(12-6)3-4-10-11(8)14-7(2)13-10/h3-5,12H,1-2H3. The van der Waals surface area contributed by atoms with Crippen LogP contribution in [-0.4, -0.2) is 9.97 Å². The molecule has 0 fully saturated rings. The normalized spacial score (nSPS) is 11.6. The molecule has 3 heteroatoms. The molecule has 0 amide bonds. The molecule has 0 bridgehead atoms. The van der Waals surface area contributed by atoms with E-state index in [-0.39, 0.29) is 0 Å². The number of hydrogen-bond acceptors (Lipinski definition) is 2. The lowest BCUT2D eigenvalue weighted by Crippen LogP contribution is -1.70. The van der Waals surface area contributed by atoms with Gasteiger partial charge in [0.2, 0.25) is 0 Å². The minimum absolute atomic E-state index is 1.11. The number of benzene rings is 1. The van der Waals surface area contributed by atoms with Crippen LogP contribution < -0.4 is 0 Å². The van der Waals surface area contributed by atoms with Crippen molar-refractivity contribution in [1.82, 2.24) is 9.97 Å². The Balaban J connectivity index is 2.58. The van der Waals surface area contributed by atoms with E-state index in [4.69, 9.17) is 0 Å². The van der Waals surface area contributed by atoms with Gasteiger partial charge < -0.3 is 4.98 Å². The first-order valence-corrected chi connectivity index (χ1v) is 5.41. The lowest BCUT2D eigenvalue weighted by molar-refractivity contribution is 1.30. The molecule has 2 aromatic heterocycles. The maximum Gasteiger partial charge on any atom is 0.0908 e. The van der Waals surface area contributed by atoms with Gasteiger partial charge in [-0.2, -0.15) is 0 Å². The molecule has 0 saturated carbocycles. The van der Waals surface area contributed by atoms with Crippen LogP contribution in [0.3, 0.4) is 0 Å². The Kier molecular flexibility index (Phi) is 1.47. The summed E-state index contributed by atoms with van der Waals surface area (Å²) in [7, 11) is 0. The van der Waals surface area contributed by atoms with Gasteiger partial charge in [-0.25, -0.2) is 4.98 Å². The Bertz CT molecular complexity index is 563. The number of aromatic amines is 1. The van der Waals surface area contributed by atoms with E-state index in [1.54, 1.807) is 11.3 Å². The molecule has 70 valence electrons. The van der Waals surface area contributed by atoms with Crippen molar-refractivity contribution in [1.29, 1.82) is 0 Å². The lowest BCUT2D eigenvalue weighted by atomic mass is 10.2. The van der Waals surface area contributed by atoms with E-state index < -0.39 is 0 Å². The zero-order chi connectivity index (χ0) is 9.71. The fourth-order valence-electron chi connectivity index (χ4n) is 1.84. The van der Waals surface area contributed by atoms with Gasteiger partial charge in [0, 0.05) is 16.6 Å². The monoisotopic (exact) mass is 202 g/mol. The molecule has 1 N–H and O–H groups in total. The summed E-state index contributed by atoms with van der Waals surface area (Å²) < 4.78 is 1.30. The minimum Gasteiger partial charge on any atom is -0.359 e. The molecule has 3 rings (SSSR count). The molecule has 1 aromatic carbocycles. The number of aromatic nitrogens is 2. The maximum atomic E-state index is 4.48. The van der Waals surface area contributed by atoms with Crippen molar-refractivity contribution in [3.8, 4) is 0 Å². The minimum atomic E-state index is 1.11. The summed E-state index contributed by atoms with van der Waals surface area (Å²) in [6.45, 7) is 4.13. The third-order valence-electron chi connectivity index (χ3n) is 2.40. The molecular formula is C11H10N2S. The number of nitrogens with zero attached hydrogens (tertiary/aromatic N) is 1. The largest absolute Gasteiger partial charge is 0.359 e. The van der Waals surface area contributed by atoms with Crippen LogP contribution in [0.15, 0.2) is 18.2 Å². The van der Waals surface area contributed by atoms with Crippen LogP contribution in [-0.2, 0) is 0 Å². The van der Waals surface area contributed by atoms with E-state index in [0.717, 1.165) is 10.5 Å². The van der Waals surface area contributed by atoms with Gasteiger partial charge in [-0.1, -0.05) is 0 Å². The predicted molar refractivity (Wildman–Crippen MR) is 61.0 cm³/mol. The van der Waals surface area contributed by atoms with Gasteiger partial charge in [-0.15, -0.1) is 11.3 Å². The van der Waals surface area contributed by atoms with Crippen LogP contribution >= 0.6 is 11.3 Å². The second kappa shape index (κ2) is 2.58. The zero-order valence-electron chi connectivity index (χ0n) is 8.09. The summed E-state index contributed by atoms with van der Waals surface area (Å²) in [5.41, 5.74) is 3.52. The Morgan fingerprint density at radius 1 is 1.29 bits per heavy atom. The first kappa shape index (κ1) is 8.00. The van der Waals surface area contributed by atoms with Crippen LogP contribution in [0, 0.1) is 13.8 Å². The van der Waals surface area contributed by atoms with Gasteiger partial charge in [0.25, 0.3) is 0 Å². The van der Waals surface area contributed by atoms with E-state index in [9.17, 15) is 0 Å². The van der Waals surface area contributed by atoms with E-state index in [0.29, 0.717) is 0 Å². The fourth-order valence-corrected chi connectivity index (χ4v) is 2.78. The van der Waals surface area contributed by atoms with Crippen molar-refractivity contribution < 1.29 is 0 Å². The Hall–Kier alpha value is -1.35. The number of hydrogen-bond donors (Lipinski definition) is 1. The summed E-state index contributed by atoms with van der Waals surface area (Å²) in [5, 5.41) is 2.43. The summed E-state index contributed by atoms with van der Waals surface area (Å²) in [4.78, 5) is 7.82. The molecule has 0 aliphatic heterocycles. The predicted octanol–water partition coefficient (Wildman–Crippen LogP) is 3.39. The molecule has 14 heavy (non-hydrogen) atoms. The highest BCUT2D eigenvalue weighted by molar-refractivity contribution is 7.19. The SMILES string of the molecule is Cc1cc2c(ccc3nc(C)sc32)[nH]1. The van der Waals surface area contributed by atoms with Gasteiger partial charge in [0.05, 0.1) is 15.2 Å². The number of H-pyrrole nitrogens is 1. The first-order valence-electron chi connectivity index (χ1n) is 4.59. The highest BCUT2D eigenvalue weighted by Gasteiger charge is 2.06. The van der Waals surface area contributed by atoms with Gasteiger partial charge in [0.15, 0.2) is 0 Å². The average molecular weight is 202 g/mol. The molecule has 0 unspecified atom stereocenters. The molecule has 0 aliphatic rings. The zero-order valence-corrected chi connectivity index (χ0v) is 8.90. The Labute approximate surface area is 85.6 Å². The number of aryl methyl sites for hydroxylation is 2. The van der Waals surface area contributed by atoms with E-state index >= 15 is 0 Å². The number of nitrogens with one attached hydrogen (secondary N) is 1. The van der Waals surface area contributed by atoms with E-state index in [2.05, 4.69) is 42.0 Å². The third kappa shape index (κ3) is 0.990. The van der Waals surface area contributed by atoms with Crippen molar-refractivity contribution in [2.75, 3.05) is 0 Å². The second-order valence-corrected chi connectivity index (χ2v) is 4.76. The third-order valence-corrected chi connectivity index (χ3v) is 3.42. The summed E-state index contributed by atoms with van der Waals surface area (Å²) in [6.07, 6.45) is 0. The van der Waals surface area contributed by atoms with E-state index in [1.807, 2.05) is 0 Å². The highest BCUT2D eigenvalue weighted by Crippen LogP contribution is 2.30. The fraction of sp³-hybridized carbons (Fsp3) is 0.182. The summed E-state index contributed by atoms with van der Waals surface area (Å²) >= 11 is 1.76. The molecule has 0 spiro atoms. The quantitative estimate of drug-likeness (QED) is 0.594. The topological polar surface area (TPSA) is 28.7 Å². The molecule has 0 aliphatic carbocycles. The molecule has 2 nitrogen and oxygen atoms in total. The molecule has 0 saturated heterocycles. The van der Waals surface area contributed by atoms with Gasteiger partial charge in [-0.3, -0.25) is 0 Å². The molecule has 0 radical (unpaired) electrons. The van der Waals surface area contributed by atoms with Gasteiger partial charge >= 0.3 is 0 Å². The lowest BCUT2D eigenvalue weighted by Gasteiger charge is -1.89. The summed E-state index contributed by atoms with van der Waals surface area (Å²) in [6, 6.07) is 6.37. The number of fused-ring (bicyclic) bond motifs is 3. The first-order chi connectivity index (χ1) is 6.74. The molecular weight excluding hydrogens is 192 g/mol. The highest BCUT2D eigenvalue weighted by atomic mass is 32.1. The summed E-state index contributed by atoms with van der Waals surface area (Å²) in [5.74, 6) is 0. The van der Waals surface area contributed by atoms with Gasteiger partial charge in [0.1, 0.15) is 0 Å². The van der Waals surface area contributed by atoms with Crippen LogP contribution in [0.1, 0.15) is 10.7 Å². The maximum absolute atomic E-state index is 4.48. The van der Waals surface area contributed by atoms with Crippen LogP contribution in [0.5, 0.6) is 0 Å². The van der Waals surface area contributed by atoms with Crippen LogP contribution in [0.4, 0.5) is 0 Å². The van der Waals surface area contributed by atoms with E-state index in [1.165, 1.54) is 21.3 Å². The van der Waals surface area contributed by atoms with Crippen molar-refractivity contribution in [2.45, 2.75) is 13.8 Å². The second-order valence-electron chi connectivity index (χ2n) is 3.56. The van der Waals surface area contributed by atoms with Crippen LogP contribution in [0.2, 0.25) is 0 Å². The average Bonchev–Trinajstić information content (AvgIpc) is 2.65. The number of rotatable bonds is 0.